The van der Waals surface area contributed by atoms with Gasteiger partial charge in [0.2, 0.25) is 5.91 Å². The summed E-state index contributed by atoms with van der Waals surface area (Å²) in [4.78, 5) is 19.2. The lowest BCUT2D eigenvalue weighted by Crippen LogP contribution is -2.38. The summed E-state index contributed by atoms with van der Waals surface area (Å²) >= 11 is 0. The zero-order valence-corrected chi connectivity index (χ0v) is 12.7. The second-order valence-corrected chi connectivity index (χ2v) is 5.79. The van der Waals surface area contributed by atoms with Crippen molar-refractivity contribution in [2.24, 2.45) is 0 Å². The van der Waals surface area contributed by atoms with Gasteiger partial charge in [0.05, 0.1) is 11.0 Å². The summed E-state index contributed by atoms with van der Waals surface area (Å²) in [6.45, 7) is 4.40. The van der Waals surface area contributed by atoms with E-state index in [2.05, 4.69) is 17.6 Å². The standard InChI is InChI=1S/C17H23N3O/c1-2-8-16-18-14-9-4-5-10-15(14)20(16)13-17(21)19-11-6-3-7-12-19/h4-5,9-10H,2-3,6-8,11-13H2,1H3. The van der Waals surface area contributed by atoms with E-state index in [1.165, 1.54) is 6.42 Å². The molecule has 0 aliphatic carbocycles. The molecule has 1 saturated heterocycles. The minimum absolute atomic E-state index is 0.232. The summed E-state index contributed by atoms with van der Waals surface area (Å²) in [6.07, 6.45) is 5.48. The van der Waals surface area contributed by atoms with E-state index in [0.29, 0.717) is 6.54 Å². The second kappa shape index (κ2) is 6.29. The molecule has 0 unspecified atom stereocenters. The lowest BCUT2D eigenvalue weighted by atomic mass is 10.1. The number of hydrogen-bond donors (Lipinski definition) is 0. The van der Waals surface area contributed by atoms with Gasteiger partial charge in [-0.15, -0.1) is 0 Å². The van der Waals surface area contributed by atoms with Crippen LogP contribution in [0.2, 0.25) is 0 Å². The van der Waals surface area contributed by atoms with Gasteiger partial charge in [0.25, 0.3) is 0 Å². The first-order valence-corrected chi connectivity index (χ1v) is 8.01. The number of aryl methyl sites for hydroxylation is 1. The van der Waals surface area contributed by atoms with E-state index in [9.17, 15) is 4.79 Å². The first kappa shape index (κ1) is 14.1. The molecule has 21 heavy (non-hydrogen) atoms. The van der Waals surface area contributed by atoms with E-state index in [-0.39, 0.29) is 5.91 Å². The Morgan fingerprint density at radius 2 is 1.95 bits per heavy atom. The molecule has 1 aliphatic heterocycles. The predicted molar refractivity (Wildman–Crippen MR) is 84.2 cm³/mol. The molecule has 3 rings (SSSR count). The minimum atomic E-state index is 0.232. The Hall–Kier alpha value is -1.84. The minimum Gasteiger partial charge on any atom is -0.341 e. The van der Waals surface area contributed by atoms with Gasteiger partial charge in [-0.25, -0.2) is 4.98 Å². The van der Waals surface area contributed by atoms with Gasteiger partial charge >= 0.3 is 0 Å². The summed E-state index contributed by atoms with van der Waals surface area (Å²) < 4.78 is 2.11. The molecule has 4 heteroatoms. The van der Waals surface area contributed by atoms with E-state index in [1.54, 1.807) is 0 Å². The smallest absolute Gasteiger partial charge is 0.242 e. The van der Waals surface area contributed by atoms with Crippen molar-refractivity contribution in [1.29, 1.82) is 0 Å². The van der Waals surface area contributed by atoms with Gasteiger partial charge in [0.15, 0.2) is 0 Å². The van der Waals surface area contributed by atoms with Crippen LogP contribution in [0.3, 0.4) is 0 Å². The number of fused-ring (bicyclic) bond motifs is 1. The number of carbonyl (C=O) groups is 1. The van der Waals surface area contributed by atoms with Crippen molar-refractivity contribution in [2.75, 3.05) is 13.1 Å². The average molecular weight is 285 g/mol. The molecule has 2 heterocycles. The Labute approximate surface area is 125 Å². The third-order valence-corrected chi connectivity index (χ3v) is 4.21. The highest BCUT2D eigenvalue weighted by molar-refractivity contribution is 5.81. The van der Waals surface area contributed by atoms with Crippen molar-refractivity contribution >= 4 is 16.9 Å². The maximum Gasteiger partial charge on any atom is 0.242 e. The van der Waals surface area contributed by atoms with Crippen molar-refractivity contribution in [3.05, 3.63) is 30.1 Å². The quantitative estimate of drug-likeness (QED) is 0.866. The fourth-order valence-corrected chi connectivity index (χ4v) is 3.09. The first-order valence-electron chi connectivity index (χ1n) is 8.01. The van der Waals surface area contributed by atoms with Crippen LogP contribution >= 0.6 is 0 Å². The van der Waals surface area contributed by atoms with E-state index >= 15 is 0 Å². The molecule has 0 saturated carbocycles. The van der Waals surface area contributed by atoms with Crippen molar-refractivity contribution < 1.29 is 4.79 Å². The highest BCUT2D eigenvalue weighted by Gasteiger charge is 2.19. The van der Waals surface area contributed by atoms with Crippen LogP contribution in [-0.2, 0) is 17.8 Å². The van der Waals surface area contributed by atoms with Crippen LogP contribution in [0.1, 0.15) is 38.4 Å². The van der Waals surface area contributed by atoms with Crippen LogP contribution in [0.15, 0.2) is 24.3 Å². The maximum absolute atomic E-state index is 12.5. The molecular weight excluding hydrogens is 262 g/mol. The Balaban J connectivity index is 1.87. The van der Waals surface area contributed by atoms with Gasteiger partial charge < -0.3 is 9.47 Å². The molecule has 0 N–H and O–H groups in total. The van der Waals surface area contributed by atoms with Crippen molar-refractivity contribution in [3.8, 4) is 0 Å². The van der Waals surface area contributed by atoms with Gasteiger partial charge in [0.1, 0.15) is 12.4 Å². The lowest BCUT2D eigenvalue weighted by Gasteiger charge is -2.27. The molecule has 0 radical (unpaired) electrons. The number of aromatic nitrogens is 2. The van der Waals surface area contributed by atoms with Crippen LogP contribution in [-0.4, -0.2) is 33.4 Å². The summed E-state index contributed by atoms with van der Waals surface area (Å²) in [7, 11) is 0. The number of likely N-dealkylation sites (tertiary alicyclic amines) is 1. The molecule has 1 aromatic carbocycles. The molecule has 1 aliphatic rings. The third kappa shape index (κ3) is 2.94. The van der Waals surface area contributed by atoms with Gasteiger partial charge in [0, 0.05) is 19.5 Å². The van der Waals surface area contributed by atoms with Crippen molar-refractivity contribution in [3.63, 3.8) is 0 Å². The molecule has 1 fully saturated rings. The molecule has 2 aromatic rings. The Kier molecular flexibility index (Phi) is 4.23. The number of piperidine rings is 1. The summed E-state index contributed by atoms with van der Waals surface area (Å²) in [5.74, 6) is 1.26. The number of carbonyl (C=O) groups excluding carboxylic acids is 1. The summed E-state index contributed by atoms with van der Waals surface area (Å²) in [5.41, 5.74) is 2.07. The van der Waals surface area contributed by atoms with Crippen LogP contribution in [0.5, 0.6) is 0 Å². The van der Waals surface area contributed by atoms with E-state index in [0.717, 1.165) is 55.6 Å². The monoisotopic (exact) mass is 285 g/mol. The van der Waals surface area contributed by atoms with Crippen molar-refractivity contribution in [1.82, 2.24) is 14.5 Å². The normalized spacial score (nSPS) is 15.6. The number of benzene rings is 1. The lowest BCUT2D eigenvalue weighted by molar-refractivity contribution is -0.132. The maximum atomic E-state index is 12.5. The highest BCUT2D eigenvalue weighted by Crippen LogP contribution is 2.18. The number of rotatable bonds is 4. The van der Waals surface area contributed by atoms with Crippen LogP contribution in [0, 0.1) is 0 Å². The van der Waals surface area contributed by atoms with Gasteiger partial charge in [-0.1, -0.05) is 19.1 Å². The highest BCUT2D eigenvalue weighted by atomic mass is 16.2. The molecule has 0 spiro atoms. The summed E-state index contributed by atoms with van der Waals surface area (Å²) in [6, 6.07) is 8.10. The molecule has 0 atom stereocenters. The van der Waals surface area contributed by atoms with Crippen molar-refractivity contribution in [2.45, 2.75) is 45.6 Å². The van der Waals surface area contributed by atoms with E-state index in [1.807, 2.05) is 23.1 Å². The topological polar surface area (TPSA) is 38.1 Å². The van der Waals surface area contributed by atoms with E-state index in [4.69, 9.17) is 4.98 Å². The van der Waals surface area contributed by atoms with Gasteiger partial charge in [-0.3, -0.25) is 4.79 Å². The largest absolute Gasteiger partial charge is 0.341 e. The fraction of sp³-hybridized carbons (Fsp3) is 0.529. The Morgan fingerprint density at radius 3 is 2.71 bits per heavy atom. The molecule has 4 nitrogen and oxygen atoms in total. The Bertz CT molecular complexity index is 626. The third-order valence-electron chi connectivity index (χ3n) is 4.21. The van der Waals surface area contributed by atoms with Crippen LogP contribution < -0.4 is 0 Å². The predicted octanol–water partition coefficient (Wildman–Crippen LogP) is 3.00. The molecule has 0 bridgehead atoms. The number of nitrogens with zero attached hydrogens (tertiary/aromatic N) is 3. The molecule has 1 aromatic heterocycles. The van der Waals surface area contributed by atoms with Crippen LogP contribution in [0.25, 0.3) is 11.0 Å². The second-order valence-electron chi connectivity index (χ2n) is 5.79. The van der Waals surface area contributed by atoms with E-state index < -0.39 is 0 Å². The van der Waals surface area contributed by atoms with Gasteiger partial charge in [-0.2, -0.15) is 0 Å². The van der Waals surface area contributed by atoms with Crippen LogP contribution in [0.4, 0.5) is 0 Å². The molecular formula is C17H23N3O. The number of imidazole rings is 1. The zero-order chi connectivity index (χ0) is 14.7. The summed E-state index contributed by atoms with van der Waals surface area (Å²) in [5, 5.41) is 0. The van der Waals surface area contributed by atoms with Gasteiger partial charge in [-0.05, 0) is 37.8 Å². The Morgan fingerprint density at radius 1 is 1.19 bits per heavy atom. The SMILES string of the molecule is CCCc1nc2ccccc2n1CC(=O)N1CCCCC1. The molecule has 112 valence electrons. The number of hydrogen-bond acceptors (Lipinski definition) is 2. The number of para-hydroxylation sites is 2. The first-order chi connectivity index (χ1) is 10.3. The molecule has 1 amide bonds. The fourth-order valence-electron chi connectivity index (χ4n) is 3.09. The average Bonchev–Trinajstić information content (AvgIpc) is 2.86. The number of amides is 1. The zero-order valence-electron chi connectivity index (χ0n) is 12.7.